The van der Waals surface area contributed by atoms with E-state index in [1.54, 1.807) is 0 Å². The second-order valence-electron chi connectivity index (χ2n) is 7.30. The Kier molecular flexibility index (Phi) is 3.48. The van der Waals surface area contributed by atoms with E-state index >= 15 is 0 Å². The summed E-state index contributed by atoms with van der Waals surface area (Å²) in [7, 11) is 0. The summed E-state index contributed by atoms with van der Waals surface area (Å²) in [5, 5.41) is 3.69. The van der Waals surface area contributed by atoms with Gasteiger partial charge < -0.3 is 10.3 Å². The number of nitrogens with one attached hydrogen (secondary N) is 2. The van der Waals surface area contributed by atoms with E-state index in [4.69, 9.17) is 4.98 Å². The molecule has 2 aromatic rings. The highest BCUT2D eigenvalue weighted by atomic mass is 14.9. The number of para-hydroxylation sites is 1. The van der Waals surface area contributed by atoms with E-state index in [0.29, 0.717) is 5.41 Å². The number of aromatic nitrogens is 2. The van der Waals surface area contributed by atoms with Gasteiger partial charge in [-0.25, -0.2) is 4.98 Å². The van der Waals surface area contributed by atoms with Gasteiger partial charge in [0.25, 0.3) is 0 Å². The molecule has 2 fully saturated rings. The topological polar surface area (TPSA) is 40.7 Å². The van der Waals surface area contributed by atoms with Gasteiger partial charge >= 0.3 is 0 Å². The molecule has 1 saturated heterocycles. The average Bonchev–Trinajstić information content (AvgIpc) is 2.87. The van der Waals surface area contributed by atoms with Crippen LogP contribution in [0.4, 0.5) is 0 Å². The summed E-state index contributed by atoms with van der Waals surface area (Å²) in [6.45, 7) is 6.77. The van der Waals surface area contributed by atoms with Gasteiger partial charge in [-0.1, -0.05) is 31.9 Å². The zero-order valence-electron chi connectivity index (χ0n) is 13.8. The second-order valence-corrected chi connectivity index (χ2v) is 7.30. The van der Waals surface area contributed by atoms with Crippen molar-refractivity contribution in [2.45, 2.75) is 51.4 Å². The summed E-state index contributed by atoms with van der Waals surface area (Å²) in [6.07, 6.45) is 6.69. The molecule has 2 unspecified atom stereocenters. The van der Waals surface area contributed by atoms with Gasteiger partial charge in [-0.3, -0.25) is 0 Å². The maximum atomic E-state index is 4.87. The summed E-state index contributed by atoms with van der Waals surface area (Å²) in [4.78, 5) is 8.30. The molecular weight excluding hydrogens is 270 g/mol. The Morgan fingerprint density at radius 3 is 2.73 bits per heavy atom. The molecule has 2 atom stereocenters. The summed E-state index contributed by atoms with van der Waals surface area (Å²) < 4.78 is 0. The van der Waals surface area contributed by atoms with Crippen LogP contribution in [0.1, 0.15) is 50.4 Å². The van der Waals surface area contributed by atoms with Crippen LogP contribution < -0.4 is 5.32 Å². The molecule has 1 aromatic heterocycles. The molecule has 1 aliphatic heterocycles. The highest BCUT2D eigenvalue weighted by Gasteiger charge is 2.50. The van der Waals surface area contributed by atoms with E-state index in [9.17, 15) is 0 Å². The Labute approximate surface area is 132 Å². The molecule has 1 aromatic carbocycles. The highest BCUT2D eigenvalue weighted by molar-refractivity contribution is 5.80. The molecule has 0 amide bonds. The Morgan fingerprint density at radius 1 is 1.23 bits per heavy atom. The van der Waals surface area contributed by atoms with Crippen LogP contribution in [-0.4, -0.2) is 23.1 Å². The largest absolute Gasteiger partial charge is 0.342 e. The first kappa shape index (κ1) is 14.3. The normalized spacial score (nSPS) is 31.5. The van der Waals surface area contributed by atoms with Crippen LogP contribution in [0.25, 0.3) is 11.0 Å². The van der Waals surface area contributed by atoms with Gasteiger partial charge in [0.2, 0.25) is 0 Å². The lowest BCUT2D eigenvalue weighted by Gasteiger charge is -2.54. The molecular formula is C19H27N3. The molecule has 3 nitrogen and oxygen atoms in total. The van der Waals surface area contributed by atoms with Crippen LogP contribution in [-0.2, 0) is 5.41 Å². The van der Waals surface area contributed by atoms with Crippen molar-refractivity contribution in [1.29, 1.82) is 0 Å². The van der Waals surface area contributed by atoms with E-state index in [2.05, 4.69) is 42.3 Å². The van der Waals surface area contributed by atoms with Crippen LogP contribution in [0.3, 0.4) is 0 Å². The number of aromatic amines is 1. The second kappa shape index (κ2) is 5.38. The zero-order chi connectivity index (χ0) is 15.2. The van der Waals surface area contributed by atoms with Gasteiger partial charge in [-0.2, -0.15) is 0 Å². The van der Waals surface area contributed by atoms with E-state index in [1.165, 1.54) is 61.8 Å². The smallest absolute Gasteiger partial charge is 0.104 e. The molecule has 1 aliphatic carbocycles. The zero-order valence-corrected chi connectivity index (χ0v) is 13.8. The van der Waals surface area contributed by atoms with Gasteiger partial charge in [0.1, 0.15) is 5.82 Å². The molecule has 4 rings (SSSR count). The SMILES string of the molecule is CCCC1(c2cccc3[nH]c(C)nc23)C2CCCC1CNC2. The number of aryl methyl sites for hydroxylation is 1. The number of imidazole rings is 1. The summed E-state index contributed by atoms with van der Waals surface area (Å²) in [5.41, 5.74) is 4.29. The standard InChI is InChI=1S/C19H27N3/c1-3-10-19(14-6-4-7-15(19)12-20-11-14)16-8-5-9-17-18(16)22-13(2)21-17/h5,8-9,14-15,20H,3-4,6-7,10-12H2,1-2H3,(H,21,22). The molecule has 118 valence electrons. The minimum absolute atomic E-state index is 0.333. The number of fused-ring (bicyclic) bond motifs is 3. The Morgan fingerprint density at radius 2 is 2.00 bits per heavy atom. The van der Waals surface area contributed by atoms with E-state index in [0.717, 1.165) is 17.7 Å². The third kappa shape index (κ3) is 1.95. The van der Waals surface area contributed by atoms with Gasteiger partial charge in [0.15, 0.2) is 0 Å². The molecule has 0 radical (unpaired) electrons. The molecule has 2 heterocycles. The van der Waals surface area contributed by atoms with E-state index in [1.807, 2.05) is 0 Å². The number of benzene rings is 1. The predicted octanol–water partition coefficient (Wildman–Crippen LogP) is 3.93. The first-order valence-electron chi connectivity index (χ1n) is 8.92. The molecule has 22 heavy (non-hydrogen) atoms. The minimum Gasteiger partial charge on any atom is -0.342 e. The van der Waals surface area contributed by atoms with Crippen molar-refractivity contribution in [2.24, 2.45) is 11.8 Å². The molecule has 0 spiro atoms. The lowest BCUT2D eigenvalue weighted by Crippen LogP contribution is -2.56. The van der Waals surface area contributed by atoms with Gasteiger partial charge in [-0.05, 0) is 62.7 Å². The Hall–Kier alpha value is -1.35. The maximum absolute atomic E-state index is 4.87. The lowest BCUT2D eigenvalue weighted by molar-refractivity contribution is 0.0587. The maximum Gasteiger partial charge on any atom is 0.104 e. The van der Waals surface area contributed by atoms with Crippen LogP contribution in [0, 0.1) is 18.8 Å². The molecule has 3 heteroatoms. The first-order valence-corrected chi connectivity index (χ1v) is 8.92. The minimum atomic E-state index is 0.333. The van der Waals surface area contributed by atoms with Crippen LogP contribution >= 0.6 is 0 Å². The predicted molar refractivity (Wildman–Crippen MR) is 91.1 cm³/mol. The van der Waals surface area contributed by atoms with Crippen LogP contribution in [0.15, 0.2) is 18.2 Å². The molecule has 2 N–H and O–H groups in total. The highest BCUT2D eigenvalue weighted by Crippen LogP contribution is 2.53. The molecule has 1 saturated carbocycles. The molecule has 2 aliphatic rings. The van der Waals surface area contributed by atoms with Crippen LogP contribution in [0.5, 0.6) is 0 Å². The van der Waals surface area contributed by atoms with Crippen molar-refractivity contribution in [3.8, 4) is 0 Å². The number of nitrogens with zero attached hydrogens (tertiary/aromatic N) is 1. The van der Waals surface area contributed by atoms with Gasteiger partial charge in [-0.15, -0.1) is 0 Å². The number of hydrogen-bond donors (Lipinski definition) is 2. The molecule has 2 bridgehead atoms. The van der Waals surface area contributed by atoms with Gasteiger partial charge in [0, 0.05) is 5.41 Å². The van der Waals surface area contributed by atoms with E-state index in [-0.39, 0.29) is 0 Å². The van der Waals surface area contributed by atoms with Crippen molar-refractivity contribution >= 4 is 11.0 Å². The van der Waals surface area contributed by atoms with Crippen molar-refractivity contribution in [1.82, 2.24) is 15.3 Å². The Bertz CT molecular complexity index is 650. The summed E-state index contributed by atoms with van der Waals surface area (Å²) >= 11 is 0. The number of hydrogen-bond acceptors (Lipinski definition) is 2. The lowest BCUT2D eigenvalue weighted by atomic mass is 9.53. The van der Waals surface area contributed by atoms with Crippen molar-refractivity contribution in [3.63, 3.8) is 0 Å². The van der Waals surface area contributed by atoms with Crippen molar-refractivity contribution in [3.05, 3.63) is 29.6 Å². The number of piperidine rings is 1. The third-order valence-corrected chi connectivity index (χ3v) is 6.14. The fourth-order valence-electron chi connectivity index (χ4n) is 5.39. The van der Waals surface area contributed by atoms with Gasteiger partial charge in [0.05, 0.1) is 11.0 Å². The quantitative estimate of drug-likeness (QED) is 0.901. The van der Waals surface area contributed by atoms with Crippen molar-refractivity contribution < 1.29 is 0 Å². The average molecular weight is 297 g/mol. The van der Waals surface area contributed by atoms with E-state index < -0.39 is 0 Å². The fraction of sp³-hybridized carbons (Fsp3) is 0.632. The number of H-pyrrole nitrogens is 1. The monoisotopic (exact) mass is 297 g/mol. The van der Waals surface area contributed by atoms with Crippen LogP contribution in [0.2, 0.25) is 0 Å². The third-order valence-electron chi connectivity index (χ3n) is 6.14. The van der Waals surface area contributed by atoms with Crippen molar-refractivity contribution in [2.75, 3.05) is 13.1 Å². The fourth-order valence-corrected chi connectivity index (χ4v) is 5.39. The summed E-state index contributed by atoms with van der Waals surface area (Å²) in [5.74, 6) is 2.57. The number of rotatable bonds is 3. The Balaban J connectivity index is 1.94. The first-order chi connectivity index (χ1) is 10.8. The summed E-state index contributed by atoms with van der Waals surface area (Å²) in [6, 6.07) is 6.77.